The highest BCUT2D eigenvalue weighted by Gasteiger charge is 2.29. The second-order valence-electron chi connectivity index (χ2n) is 8.64. The summed E-state index contributed by atoms with van der Waals surface area (Å²) in [6.45, 7) is 6.45. The summed E-state index contributed by atoms with van der Waals surface area (Å²) in [6.07, 6.45) is 0.659. The second kappa shape index (κ2) is 8.52. The number of rotatable bonds is 5. The number of nitrogens with one attached hydrogen (secondary N) is 1. The number of hydrogen-bond acceptors (Lipinski definition) is 8. The summed E-state index contributed by atoms with van der Waals surface area (Å²) < 4.78 is 18.1. The summed E-state index contributed by atoms with van der Waals surface area (Å²) in [4.78, 5) is 24.6. The summed E-state index contributed by atoms with van der Waals surface area (Å²) in [5.41, 5.74) is -0.487. The molecule has 3 aromatic rings. The average Bonchev–Trinajstić information content (AvgIpc) is 3.27. The SMILES string of the molecule is CC(C)(C)CCn1nc(-c2cccs2)c(O)c(C2=NS(=O)c3cc([N+](=O)[O-])ccc3N2)c1=O. The van der Waals surface area contributed by atoms with Crippen LogP contribution in [-0.4, -0.2) is 29.9 Å². The lowest BCUT2D eigenvalue weighted by atomic mass is 9.92. The van der Waals surface area contributed by atoms with Gasteiger partial charge in [-0.3, -0.25) is 14.9 Å². The lowest BCUT2D eigenvalue weighted by Crippen LogP contribution is -2.34. The number of benzene rings is 1. The van der Waals surface area contributed by atoms with Gasteiger partial charge in [0.1, 0.15) is 11.3 Å². The molecule has 0 amide bonds. The van der Waals surface area contributed by atoms with E-state index in [2.05, 4.69) is 14.8 Å². The molecule has 0 spiro atoms. The highest BCUT2D eigenvalue weighted by molar-refractivity contribution is 7.84. The molecule has 1 aromatic carbocycles. The van der Waals surface area contributed by atoms with Crippen LogP contribution in [0.3, 0.4) is 0 Å². The normalized spacial score (nSPS) is 15.5. The van der Waals surface area contributed by atoms with Gasteiger partial charge in [0.25, 0.3) is 11.2 Å². The van der Waals surface area contributed by atoms with Crippen molar-refractivity contribution in [2.75, 3.05) is 5.32 Å². The first-order valence-electron chi connectivity index (χ1n) is 9.99. The smallest absolute Gasteiger partial charge is 0.281 e. The number of nitrogens with zero attached hydrogens (tertiary/aromatic N) is 4. The highest BCUT2D eigenvalue weighted by Crippen LogP contribution is 2.35. The van der Waals surface area contributed by atoms with E-state index in [0.29, 0.717) is 23.5 Å². The summed E-state index contributed by atoms with van der Waals surface area (Å²) >= 11 is 1.36. The quantitative estimate of drug-likeness (QED) is 0.411. The van der Waals surface area contributed by atoms with Gasteiger partial charge in [-0.2, -0.15) is 9.50 Å². The van der Waals surface area contributed by atoms with Crippen LogP contribution in [0.5, 0.6) is 5.75 Å². The van der Waals surface area contributed by atoms with Crippen molar-refractivity contribution in [3.05, 3.63) is 61.7 Å². The summed E-state index contributed by atoms with van der Waals surface area (Å²) in [5, 5.41) is 31.2. The zero-order chi connectivity index (χ0) is 23.9. The van der Waals surface area contributed by atoms with Crippen molar-refractivity contribution in [1.82, 2.24) is 9.78 Å². The van der Waals surface area contributed by atoms with Crippen LogP contribution in [0.2, 0.25) is 0 Å². The van der Waals surface area contributed by atoms with Gasteiger partial charge in [-0.1, -0.05) is 26.8 Å². The van der Waals surface area contributed by atoms with Gasteiger partial charge in [0.05, 0.1) is 20.4 Å². The first kappa shape index (κ1) is 22.8. The van der Waals surface area contributed by atoms with Crippen molar-refractivity contribution in [2.45, 2.75) is 38.6 Å². The molecule has 33 heavy (non-hydrogen) atoms. The number of hydrogen-bond donors (Lipinski definition) is 2. The van der Waals surface area contributed by atoms with E-state index < -0.39 is 21.5 Å². The highest BCUT2D eigenvalue weighted by atomic mass is 32.2. The van der Waals surface area contributed by atoms with E-state index in [0.717, 1.165) is 0 Å². The zero-order valence-electron chi connectivity index (χ0n) is 18.1. The van der Waals surface area contributed by atoms with Gasteiger partial charge < -0.3 is 10.4 Å². The molecule has 1 aliphatic heterocycles. The largest absolute Gasteiger partial charge is 0.505 e. The first-order valence-corrected chi connectivity index (χ1v) is 12.0. The van der Waals surface area contributed by atoms with Gasteiger partial charge in [-0.05, 0) is 29.3 Å². The van der Waals surface area contributed by atoms with Crippen molar-refractivity contribution in [2.24, 2.45) is 9.81 Å². The van der Waals surface area contributed by atoms with Crippen LogP contribution < -0.4 is 10.9 Å². The lowest BCUT2D eigenvalue weighted by molar-refractivity contribution is -0.385. The molecule has 0 bridgehead atoms. The monoisotopic (exact) mass is 487 g/mol. The molecule has 0 aliphatic carbocycles. The van der Waals surface area contributed by atoms with Gasteiger partial charge in [0.2, 0.25) is 0 Å². The summed E-state index contributed by atoms with van der Waals surface area (Å²) in [7, 11) is -2.01. The number of non-ortho nitro benzene ring substituents is 1. The minimum atomic E-state index is -2.01. The standard InChI is InChI=1S/C21H21N5O5S2/c1-21(2,3)8-9-25-20(28)16(18(27)17(23-25)14-5-4-10-32-14)19-22-13-7-6-12(26(29)30)11-15(13)33(31)24-19/h4-7,10-11,27H,8-9H2,1-3H3,(H,22,24). The number of thiophene rings is 1. The summed E-state index contributed by atoms with van der Waals surface area (Å²) in [5.74, 6) is -0.454. The Hall–Kier alpha value is -3.38. The van der Waals surface area contributed by atoms with Crippen LogP contribution in [0.1, 0.15) is 32.8 Å². The molecular weight excluding hydrogens is 466 g/mol. The molecule has 0 saturated carbocycles. The van der Waals surface area contributed by atoms with Gasteiger partial charge in [0.15, 0.2) is 22.6 Å². The van der Waals surface area contributed by atoms with Crippen molar-refractivity contribution >= 4 is 39.5 Å². The topological polar surface area (TPSA) is 140 Å². The Morgan fingerprint density at radius 1 is 1.30 bits per heavy atom. The van der Waals surface area contributed by atoms with E-state index in [1.165, 1.54) is 34.2 Å². The number of amidine groups is 1. The van der Waals surface area contributed by atoms with E-state index >= 15 is 0 Å². The molecule has 0 radical (unpaired) electrons. The second-order valence-corrected chi connectivity index (χ2v) is 10.7. The Bertz CT molecular complexity index is 1360. The molecule has 2 aromatic heterocycles. The first-order chi connectivity index (χ1) is 15.5. The third-order valence-corrected chi connectivity index (χ3v) is 6.93. The molecule has 172 valence electrons. The fourth-order valence-corrected chi connectivity index (χ4v) is 4.85. The van der Waals surface area contributed by atoms with E-state index in [4.69, 9.17) is 0 Å². The Morgan fingerprint density at radius 2 is 2.06 bits per heavy atom. The van der Waals surface area contributed by atoms with Crippen LogP contribution in [0, 0.1) is 15.5 Å². The van der Waals surface area contributed by atoms with Gasteiger partial charge in [-0.25, -0.2) is 8.89 Å². The third kappa shape index (κ3) is 4.57. The molecule has 1 atom stereocenters. The number of aromatic hydroxyl groups is 1. The van der Waals surface area contributed by atoms with Crippen LogP contribution >= 0.6 is 11.3 Å². The average molecular weight is 488 g/mol. The molecule has 4 rings (SSSR count). The molecule has 1 aliphatic rings. The molecule has 2 N–H and O–H groups in total. The van der Waals surface area contributed by atoms with Crippen molar-refractivity contribution in [1.29, 1.82) is 0 Å². The maximum atomic E-state index is 13.3. The van der Waals surface area contributed by atoms with Crippen LogP contribution in [0.25, 0.3) is 10.6 Å². The molecular formula is C21H21N5O5S2. The Labute approximate surface area is 195 Å². The third-order valence-electron chi connectivity index (χ3n) is 4.99. The van der Waals surface area contributed by atoms with E-state index in [9.17, 15) is 24.2 Å². The summed E-state index contributed by atoms with van der Waals surface area (Å²) in [6, 6.07) is 7.41. The number of anilines is 1. The molecule has 3 heterocycles. The molecule has 0 saturated heterocycles. The number of fused-ring (bicyclic) bond motifs is 1. The van der Waals surface area contributed by atoms with Gasteiger partial charge in [0, 0.05) is 18.7 Å². The van der Waals surface area contributed by atoms with Crippen molar-refractivity contribution in [3.63, 3.8) is 0 Å². The minimum Gasteiger partial charge on any atom is -0.505 e. The van der Waals surface area contributed by atoms with Crippen LogP contribution in [-0.2, 0) is 17.5 Å². The fraction of sp³-hybridized carbons (Fsp3) is 0.286. The number of aromatic nitrogens is 2. The molecule has 10 nitrogen and oxygen atoms in total. The van der Waals surface area contributed by atoms with Crippen LogP contribution in [0.4, 0.5) is 11.4 Å². The van der Waals surface area contributed by atoms with Gasteiger partial charge >= 0.3 is 0 Å². The zero-order valence-corrected chi connectivity index (χ0v) is 19.7. The van der Waals surface area contributed by atoms with E-state index in [-0.39, 0.29) is 38.8 Å². The van der Waals surface area contributed by atoms with Crippen LogP contribution in [0.15, 0.2) is 49.8 Å². The fourth-order valence-electron chi connectivity index (χ4n) is 3.21. The Kier molecular flexibility index (Phi) is 5.89. The van der Waals surface area contributed by atoms with E-state index in [1.807, 2.05) is 26.2 Å². The minimum absolute atomic E-state index is 0.0575. The van der Waals surface area contributed by atoms with Gasteiger partial charge in [-0.15, -0.1) is 11.3 Å². The number of nitro benzene ring substituents is 1. The Morgan fingerprint density at radius 3 is 2.70 bits per heavy atom. The number of aryl methyl sites for hydroxylation is 1. The maximum Gasteiger partial charge on any atom is 0.281 e. The Balaban J connectivity index is 1.85. The van der Waals surface area contributed by atoms with Crippen molar-refractivity contribution in [3.8, 4) is 16.3 Å². The molecule has 0 fully saturated rings. The molecule has 1 unspecified atom stereocenters. The predicted molar refractivity (Wildman–Crippen MR) is 127 cm³/mol. The number of nitro groups is 1. The van der Waals surface area contributed by atoms with Crippen molar-refractivity contribution < 1.29 is 14.2 Å². The molecule has 12 heteroatoms. The predicted octanol–water partition coefficient (Wildman–Crippen LogP) is 3.92. The maximum absolute atomic E-state index is 13.3. The van der Waals surface area contributed by atoms with E-state index in [1.54, 1.807) is 12.1 Å². The lowest BCUT2D eigenvalue weighted by Gasteiger charge is -2.21.